The first-order valence-corrected chi connectivity index (χ1v) is 8.34. The van der Waals surface area contributed by atoms with Crippen LogP contribution in [0.25, 0.3) is 0 Å². The number of hydrogen-bond donors (Lipinski definition) is 1. The van der Waals surface area contributed by atoms with Crippen molar-refractivity contribution in [2.45, 2.75) is 32.8 Å². The Bertz CT molecular complexity index is 704. The molecule has 0 unspecified atom stereocenters. The van der Waals surface area contributed by atoms with Crippen LogP contribution in [0.5, 0.6) is 0 Å². The van der Waals surface area contributed by atoms with Crippen molar-refractivity contribution in [2.75, 3.05) is 36.5 Å². The number of rotatable bonds is 7. The van der Waals surface area contributed by atoms with E-state index in [2.05, 4.69) is 5.32 Å². The number of esters is 1. The standard InChI is InChI=1S/C17H23N3O6/c1-12(21)25-9-4-7-18-14-6-5-13(11-15(14)20(23)24)19-8-10-26-17(2,3)16(19)22/h5-6,11,18H,4,7-10H2,1-3H3. The third-order valence-corrected chi connectivity index (χ3v) is 3.97. The molecule has 1 amide bonds. The molecule has 1 aromatic rings. The van der Waals surface area contributed by atoms with Gasteiger partial charge in [-0.3, -0.25) is 19.7 Å². The van der Waals surface area contributed by atoms with Crippen LogP contribution in [0.2, 0.25) is 0 Å². The van der Waals surface area contributed by atoms with Gasteiger partial charge in [0.15, 0.2) is 0 Å². The number of carbonyl (C=O) groups is 2. The van der Waals surface area contributed by atoms with Crippen LogP contribution in [0.15, 0.2) is 18.2 Å². The molecule has 0 aliphatic carbocycles. The highest BCUT2D eigenvalue weighted by Crippen LogP contribution is 2.32. The lowest BCUT2D eigenvalue weighted by Crippen LogP contribution is -2.53. The molecule has 0 spiro atoms. The van der Waals surface area contributed by atoms with Gasteiger partial charge >= 0.3 is 5.97 Å². The zero-order valence-electron chi connectivity index (χ0n) is 15.1. The maximum Gasteiger partial charge on any atom is 0.302 e. The predicted molar refractivity (Wildman–Crippen MR) is 95.2 cm³/mol. The molecule has 0 aromatic heterocycles. The van der Waals surface area contributed by atoms with Gasteiger partial charge in [-0.05, 0) is 32.4 Å². The van der Waals surface area contributed by atoms with Gasteiger partial charge in [0.25, 0.3) is 11.6 Å². The fourth-order valence-corrected chi connectivity index (χ4v) is 2.63. The van der Waals surface area contributed by atoms with E-state index in [1.54, 1.807) is 26.0 Å². The summed E-state index contributed by atoms with van der Waals surface area (Å²) in [6, 6.07) is 4.63. The van der Waals surface area contributed by atoms with Crippen molar-refractivity contribution in [3.05, 3.63) is 28.3 Å². The first-order chi connectivity index (χ1) is 12.2. The molecule has 0 saturated carbocycles. The minimum Gasteiger partial charge on any atom is -0.466 e. The molecule has 26 heavy (non-hydrogen) atoms. The van der Waals surface area contributed by atoms with Gasteiger partial charge in [-0.2, -0.15) is 0 Å². The van der Waals surface area contributed by atoms with E-state index in [0.717, 1.165) is 0 Å². The summed E-state index contributed by atoms with van der Waals surface area (Å²) in [5, 5.41) is 14.4. The van der Waals surface area contributed by atoms with Crippen molar-refractivity contribution < 1.29 is 24.0 Å². The summed E-state index contributed by atoms with van der Waals surface area (Å²) < 4.78 is 10.3. The zero-order valence-corrected chi connectivity index (χ0v) is 15.1. The molecule has 1 saturated heterocycles. The topological polar surface area (TPSA) is 111 Å². The number of hydrogen-bond acceptors (Lipinski definition) is 7. The van der Waals surface area contributed by atoms with E-state index in [4.69, 9.17) is 9.47 Å². The fourth-order valence-electron chi connectivity index (χ4n) is 2.63. The monoisotopic (exact) mass is 365 g/mol. The van der Waals surface area contributed by atoms with Gasteiger partial charge in [0.05, 0.1) is 23.8 Å². The number of nitrogens with zero attached hydrogens (tertiary/aromatic N) is 2. The van der Waals surface area contributed by atoms with Gasteiger partial charge in [-0.15, -0.1) is 0 Å². The predicted octanol–water partition coefficient (Wildman–Crippen LogP) is 2.10. The highest BCUT2D eigenvalue weighted by molar-refractivity contribution is 6.00. The second kappa shape index (κ2) is 8.13. The number of amides is 1. The van der Waals surface area contributed by atoms with Crippen molar-refractivity contribution in [1.82, 2.24) is 0 Å². The molecule has 9 nitrogen and oxygen atoms in total. The van der Waals surface area contributed by atoms with Crippen molar-refractivity contribution in [3.8, 4) is 0 Å². The van der Waals surface area contributed by atoms with Crippen LogP contribution in [-0.2, 0) is 19.1 Å². The smallest absolute Gasteiger partial charge is 0.302 e. The van der Waals surface area contributed by atoms with Gasteiger partial charge in [0.1, 0.15) is 11.3 Å². The van der Waals surface area contributed by atoms with Gasteiger partial charge in [-0.25, -0.2) is 0 Å². The molecule has 1 heterocycles. The Morgan fingerprint density at radius 2 is 2.19 bits per heavy atom. The number of nitrogens with one attached hydrogen (secondary N) is 1. The molecule has 2 rings (SSSR count). The molecular formula is C17H23N3O6. The molecule has 1 fully saturated rings. The van der Waals surface area contributed by atoms with Gasteiger partial charge in [-0.1, -0.05) is 0 Å². The van der Waals surface area contributed by atoms with E-state index in [-0.39, 0.29) is 24.2 Å². The number of nitro benzene ring substituents is 1. The van der Waals surface area contributed by atoms with Crippen LogP contribution in [0, 0.1) is 10.1 Å². The molecule has 1 aliphatic heterocycles. The number of carbonyl (C=O) groups excluding carboxylic acids is 2. The lowest BCUT2D eigenvalue weighted by atomic mass is 10.1. The SMILES string of the molecule is CC(=O)OCCCNc1ccc(N2CCOC(C)(C)C2=O)cc1[N+](=O)[O-]. The van der Waals surface area contributed by atoms with E-state index >= 15 is 0 Å². The quantitative estimate of drug-likeness (QED) is 0.341. The second-order valence-electron chi connectivity index (χ2n) is 6.39. The Morgan fingerprint density at radius 3 is 2.85 bits per heavy atom. The summed E-state index contributed by atoms with van der Waals surface area (Å²) in [6.45, 7) is 6.04. The molecule has 9 heteroatoms. The van der Waals surface area contributed by atoms with Crippen LogP contribution in [0.1, 0.15) is 27.2 Å². The van der Waals surface area contributed by atoms with E-state index in [9.17, 15) is 19.7 Å². The lowest BCUT2D eigenvalue weighted by Gasteiger charge is -2.37. The molecule has 1 aromatic carbocycles. The average molecular weight is 365 g/mol. The van der Waals surface area contributed by atoms with Crippen LogP contribution in [0.4, 0.5) is 17.1 Å². The Labute approximate surface area is 151 Å². The van der Waals surface area contributed by atoms with Crippen molar-refractivity contribution in [2.24, 2.45) is 0 Å². The highest BCUT2D eigenvalue weighted by Gasteiger charge is 2.38. The summed E-state index contributed by atoms with van der Waals surface area (Å²) in [5.41, 5.74) is -0.266. The van der Waals surface area contributed by atoms with Gasteiger partial charge < -0.3 is 19.7 Å². The zero-order chi connectivity index (χ0) is 19.3. The summed E-state index contributed by atoms with van der Waals surface area (Å²) in [7, 11) is 0. The molecule has 0 bridgehead atoms. The number of ether oxygens (including phenoxy) is 2. The van der Waals surface area contributed by atoms with Gasteiger partial charge in [0.2, 0.25) is 0 Å². The number of nitro groups is 1. The minimum atomic E-state index is -0.958. The third kappa shape index (κ3) is 4.69. The summed E-state index contributed by atoms with van der Waals surface area (Å²) in [6.07, 6.45) is 0.522. The van der Waals surface area contributed by atoms with E-state index in [0.29, 0.717) is 37.5 Å². The maximum atomic E-state index is 12.5. The first kappa shape index (κ1) is 19.6. The Kier molecular flexibility index (Phi) is 6.14. The lowest BCUT2D eigenvalue weighted by molar-refractivity contribution is -0.383. The molecule has 142 valence electrons. The number of morpholine rings is 1. The molecule has 0 atom stereocenters. The molecule has 0 radical (unpaired) electrons. The Morgan fingerprint density at radius 1 is 1.46 bits per heavy atom. The van der Waals surface area contributed by atoms with Gasteiger partial charge in [0, 0.05) is 26.1 Å². The second-order valence-corrected chi connectivity index (χ2v) is 6.39. The van der Waals surface area contributed by atoms with Crippen LogP contribution >= 0.6 is 0 Å². The largest absolute Gasteiger partial charge is 0.466 e. The highest BCUT2D eigenvalue weighted by atomic mass is 16.6. The maximum absolute atomic E-state index is 12.5. The molecular weight excluding hydrogens is 342 g/mol. The van der Waals surface area contributed by atoms with E-state index < -0.39 is 10.5 Å². The van der Waals surface area contributed by atoms with Crippen LogP contribution < -0.4 is 10.2 Å². The molecule has 1 N–H and O–H groups in total. The van der Waals surface area contributed by atoms with E-state index in [1.165, 1.54) is 17.9 Å². The average Bonchev–Trinajstić information content (AvgIpc) is 2.57. The number of benzene rings is 1. The summed E-state index contributed by atoms with van der Waals surface area (Å²) in [5.74, 6) is -0.599. The summed E-state index contributed by atoms with van der Waals surface area (Å²) >= 11 is 0. The van der Waals surface area contributed by atoms with Crippen molar-refractivity contribution in [1.29, 1.82) is 0 Å². The fraction of sp³-hybridized carbons (Fsp3) is 0.529. The minimum absolute atomic E-state index is 0.118. The Balaban J connectivity index is 2.12. The Hall–Kier alpha value is -2.68. The summed E-state index contributed by atoms with van der Waals surface area (Å²) in [4.78, 5) is 35.6. The van der Waals surface area contributed by atoms with Crippen LogP contribution in [0.3, 0.4) is 0 Å². The molecule has 1 aliphatic rings. The van der Waals surface area contributed by atoms with Crippen molar-refractivity contribution in [3.63, 3.8) is 0 Å². The van der Waals surface area contributed by atoms with Crippen LogP contribution in [-0.4, -0.2) is 48.7 Å². The number of anilines is 2. The van der Waals surface area contributed by atoms with E-state index in [1.807, 2.05) is 0 Å². The third-order valence-electron chi connectivity index (χ3n) is 3.97. The normalized spacial score (nSPS) is 16.3. The van der Waals surface area contributed by atoms with Crippen molar-refractivity contribution >= 4 is 28.9 Å². The first-order valence-electron chi connectivity index (χ1n) is 8.34.